The molecule has 2 atom stereocenters. The van der Waals surface area contributed by atoms with Gasteiger partial charge in [-0.25, -0.2) is 8.42 Å². The number of hydrogen-bond donors (Lipinski definition) is 2. The van der Waals surface area contributed by atoms with E-state index in [-0.39, 0.29) is 35.8 Å². The highest BCUT2D eigenvalue weighted by Crippen LogP contribution is 2.33. The maximum absolute atomic E-state index is 11.2. The number of hydrogen-bond acceptors (Lipinski definition) is 4. The van der Waals surface area contributed by atoms with Crippen LogP contribution in [-0.2, 0) is 14.6 Å². The molecule has 27 heavy (non-hydrogen) atoms. The Bertz CT molecular complexity index is 693. The minimum absolute atomic E-state index is 0. The summed E-state index contributed by atoms with van der Waals surface area (Å²) in [6.07, 6.45) is 4.10. The molecule has 2 unspecified atom stereocenters. The number of halogens is 1. The van der Waals surface area contributed by atoms with Crippen LogP contribution in [0.15, 0.2) is 29.3 Å². The van der Waals surface area contributed by atoms with E-state index in [1.54, 1.807) is 7.05 Å². The second kappa shape index (κ2) is 11.9. The van der Waals surface area contributed by atoms with E-state index >= 15 is 0 Å². The van der Waals surface area contributed by atoms with Crippen LogP contribution in [0, 0.1) is 12.8 Å². The van der Waals surface area contributed by atoms with E-state index in [9.17, 15) is 8.42 Å². The van der Waals surface area contributed by atoms with Crippen molar-refractivity contribution in [2.45, 2.75) is 32.3 Å². The van der Waals surface area contributed by atoms with Gasteiger partial charge in [-0.3, -0.25) is 4.99 Å². The van der Waals surface area contributed by atoms with Gasteiger partial charge in [0.05, 0.1) is 11.9 Å². The Morgan fingerprint density at radius 1 is 1.26 bits per heavy atom. The van der Waals surface area contributed by atoms with Gasteiger partial charge in [-0.2, -0.15) is 0 Å². The highest BCUT2D eigenvalue weighted by atomic mass is 127. The summed E-state index contributed by atoms with van der Waals surface area (Å²) in [6, 6.07) is 8.55. The van der Waals surface area contributed by atoms with E-state index in [1.807, 2.05) is 0 Å². The molecular weight excluding hydrogens is 477 g/mol. The Balaban J connectivity index is 0.00000364. The van der Waals surface area contributed by atoms with E-state index in [0.717, 1.165) is 26.0 Å². The SMILES string of the molecule is CN=C(NCCCS(C)(=O)=O)NCC1CCCOC1c1ccc(C)cc1.I. The van der Waals surface area contributed by atoms with E-state index < -0.39 is 9.84 Å². The summed E-state index contributed by atoms with van der Waals surface area (Å²) >= 11 is 0. The van der Waals surface area contributed by atoms with Crippen molar-refractivity contribution in [3.8, 4) is 0 Å². The van der Waals surface area contributed by atoms with Gasteiger partial charge in [0.15, 0.2) is 5.96 Å². The first-order chi connectivity index (χ1) is 12.4. The Labute approximate surface area is 180 Å². The molecule has 8 heteroatoms. The highest BCUT2D eigenvalue weighted by molar-refractivity contribution is 14.0. The fourth-order valence-corrected chi connectivity index (χ4v) is 3.84. The number of aryl methyl sites for hydroxylation is 1. The number of aliphatic imine (C=N–C) groups is 1. The van der Waals surface area contributed by atoms with Crippen LogP contribution in [0.2, 0.25) is 0 Å². The second-order valence-corrected chi connectivity index (χ2v) is 9.23. The Hall–Kier alpha value is -0.870. The van der Waals surface area contributed by atoms with Crippen molar-refractivity contribution < 1.29 is 13.2 Å². The number of nitrogens with one attached hydrogen (secondary N) is 2. The lowest BCUT2D eigenvalue weighted by Gasteiger charge is -2.32. The van der Waals surface area contributed by atoms with Gasteiger partial charge in [-0.15, -0.1) is 24.0 Å². The number of guanidine groups is 1. The zero-order valence-electron chi connectivity index (χ0n) is 16.4. The van der Waals surface area contributed by atoms with Crippen molar-refractivity contribution in [3.63, 3.8) is 0 Å². The molecule has 2 N–H and O–H groups in total. The van der Waals surface area contributed by atoms with Gasteiger partial charge >= 0.3 is 0 Å². The van der Waals surface area contributed by atoms with Gasteiger partial charge in [-0.1, -0.05) is 29.8 Å². The molecule has 0 bridgehead atoms. The van der Waals surface area contributed by atoms with Crippen molar-refractivity contribution in [2.24, 2.45) is 10.9 Å². The maximum Gasteiger partial charge on any atom is 0.190 e. The molecule has 0 amide bonds. The summed E-state index contributed by atoms with van der Waals surface area (Å²) in [5.74, 6) is 1.26. The van der Waals surface area contributed by atoms with Gasteiger partial charge in [-0.05, 0) is 31.7 Å². The molecule has 0 saturated carbocycles. The first kappa shape index (κ1) is 24.2. The minimum atomic E-state index is -2.92. The third-order valence-electron chi connectivity index (χ3n) is 4.59. The predicted molar refractivity (Wildman–Crippen MR) is 122 cm³/mol. The fraction of sp³-hybridized carbons (Fsp3) is 0.632. The Morgan fingerprint density at radius 2 is 1.96 bits per heavy atom. The van der Waals surface area contributed by atoms with E-state index in [0.29, 0.717) is 24.8 Å². The monoisotopic (exact) mass is 509 g/mol. The Kier molecular flexibility index (Phi) is 10.6. The molecule has 1 aromatic rings. The largest absolute Gasteiger partial charge is 0.373 e. The van der Waals surface area contributed by atoms with E-state index in [1.165, 1.54) is 17.4 Å². The molecular formula is C19H32IN3O3S. The number of rotatable bonds is 7. The fourth-order valence-electron chi connectivity index (χ4n) is 3.17. The van der Waals surface area contributed by atoms with Gasteiger partial charge in [0.1, 0.15) is 9.84 Å². The van der Waals surface area contributed by atoms with E-state index in [4.69, 9.17) is 4.74 Å². The molecule has 1 aliphatic heterocycles. The summed E-state index contributed by atoms with van der Waals surface area (Å²) < 4.78 is 28.4. The molecule has 1 aliphatic rings. The molecule has 154 valence electrons. The zero-order chi connectivity index (χ0) is 19.0. The summed E-state index contributed by atoms with van der Waals surface area (Å²) in [6.45, 7) is 4.23. The third-order valence-corrected chi connectivity index (χ3v) is 5.62. The van der Waals surface area contributed by atoms with Crippen LogP contribution in [-0.4, -0.2) is 53.1 Å². The van der Waals surface area contributed by atoms with Crippen molar-refractivity contribution >= 4 is 39.8 Å². The van der Waals surface area contributed by atoms with Crippen LogP contribution < -0.4 is 10.6 Å². The lowest BCUT2D eigenvalue weighted by atomic mass is 9.89. The Morgan fingerprint density at radius 3 is 2.59 bits per heavy atom. The molecule has 1 heterocycles. The molecule has 2 rings (SSSR count). The number of ether oxygens (including phenoxy) is 1. The van der Waals surface area contributed by atoms with Gasteiger partial charge in [0, 0.05) is 38.9 Å². The molecule has 1 aromatic carbocycles. The number of benzene rings is 1. The van der Waals surface area contributed by atoms with Crippen LogP contribution in [0.3, 0.4) is 0 Å². The number of sulfone groups is 1. The van der Waals surface area contributed by atoms with Crippen LogP contribution in [0.1, 0.15) is 36.5 Å². The van der Waals surface area contributed by atoms with Gasteiger partial charge < -0.3 is 15.4 Å². The molecule has 1 saturated heterocycles. The molecule has 0 spiro atoms. The quantitative estimate of drug-likeness (QED) is 0.256. The van der Waals surface area contributed by atoms with Crippen molar-refractivity contribution in [1.29, 1.82) is 0 Å². The predicted octanol–water partition coefficient (Wildman–Crippen LogP) is 2.68. The van der Waals surface area contributed by atoms with Gasteiger partial charge in [0.2, 0.25) is 0 Å². The van der Waals surface area contributed by atoms with Crippen LogP contribution >= 0.6 is 24.0 Å². The van der Waals surface area contributed by atoms with Gasteiger partial charge in [0.25, 0.3) is 0 Å². The zero-order valence-corrected chi connectivity index (χ0v) is 19.5. The third kappa shape index (κ3) is 8.78. The van der Waals surface area contributed by atoms with E-state index in [2.05, 4.69) is 46.8 Å². The first-order valence-electron chi connectivity index (χ1n) is 9.19. The maximum atomic E-state index is 11.2. The highest BCUT2D eigenvalue weighted by Gasteiger charge is 2.27. The number of nitrogens with zero attached hydrogens (tertiary/aromatic N) is 1. The molecule has 0 aromatic heterocycles. The standard InChI is InChI=1S/C19H31N3O3S.HI/c1-15-7-9-16(10-8-15)18-17(6-4-12-25-18)14-22-19(20-2)21-11-5-13-26(3,23)24;/h7-10,17-18H,4-6,11-14H2,1-3H3,(H2,20,21,22);1H. The summed E-state index contributed by atoms with van der Waals surface area (Å²) in [7, 11) is -1.19. The normalized spacial score (nSPS) is 20.6. The lowest BCUT2D eigenvalue weighted by molar-refractivity contribution is -0.0265. The molecule has 6 nitrogen and oxygen atoms in total. The average Bonchev–Trinajstić information content (AvgIpc) is 2.61. The summed E-state index contributed by atoms with van der Waals surface area (Å²) in [4.78, 5) is 4.22. The second-order valence-electron chi connectivity index (χ2n) is 6.97. The average molecular weight is 509 g/mol. The van der Waals surface area contributed by atoms with Crippen molar-refractivity contribution in [2.75, 3.05) is 38.8 Å². The van der Waals surface area contributed by atoms with Crippen LogP contribution in [0.25, 0.3) is 0 Å². The summed E-state index contributed by atoms with van der Waals surface area (Å²) in [5.41, 5.74) is 2.47. The smallest absolute Gasteiger partial charge is 0.190 e. The summed E-state index contributed by atoms with van der Waals surface area (Å²) in [5, 5.41) is 6.53. The molecule has 0 radical (unpaired) electrons. The van der Waals surface area contributed by atoms with Crippen LogP contribution in [0.5, 0.6) is 0 Å². The van der Waals surface area contributed by atoms with Crippen LogP contribution in [0.4, 0.5) is 0 Å². The topological polar surface area (TPSA) is 79.8 Å². The molecule has 1 fully saturated rings. The van der Waals surface area contributed by atoms with Crippen molar-refractivity contribution in [1.82, 2.24) is 10.6 Å². The minimum Gasteiger partial charge on any atom is -0.373 e. The van der Waals surface area contributed by atoms with Crippen molar-refractivity contribution in [3.05, 3.63) is 35.4 Å². The molecule has 0 aliphatic carbocycles. The first-order valence-corrected chi connectivity index (χ1v) is 11.3. The lowest BCUT2D eigenvalue weighted by Crippen LogP contribution is -2.42.